The molecule has 1 aromatic carbocycles. The lowest BCUT2D eigenvalue weighted by Crippen LogP contribution is -2.28. The van der Waals surface area contributed by atoms with E-state index in [4.69, 9.17) is 11.6 Å². The van der Waals surface area contributed by atoms with Crippen LogP contribution in [0, 0.1) is 13.8 Å². The Labute approximate surface area is 123 Å². The topological polar surface area (TPSA) is 54.9 Å². The molecule has 0 bridgehead atoms. The lowest BCUT2D eigenvalue weighted by atomic mass is 10.00. The molecule has 0 aliphatic carbocycles. The number of carbonyl (C=O) groups excluding carboxylic acids is 1. The SMILES string of the molecule is Cc1ccc(C)c(C(C)NC(=O)c2ccc(Cl)nn2)c1. The average molecular weight is 290 g/mol. The Balaban J connectivity index is 2.15. The van der Waals surface area contributed by atoms with E-state index in [1.807, 2.05) is 20.8 Å². The number of hydrogen-bond acceptors (Lipinski definition) is 3. The van der Waals surface area contributed by atoms with Gasteiger partial charge in [-0.2, -0.15) is 0 Å². The number of halogens is 1. The molecule has 2 aromatic rings. The number of rotatable bonds is 3. The van der Waals surface area contributed by atoms with Crippen LogP contribution < -0.4 is 5.32 Å². The summed E-state index contributed by atoms with van der Waals surface area (Å²) in [7, 11) is 0. The zero-order valence-corrected chi connectivity index (χ0v) is 12.4. The van der Waals surface area contributed by atoms with Crippen molar-refractivity contribution in [3.8, 4) is 0 Å². The first kappa shape index (κ1) is 14.5. The highest BCUT2D eigenvalue weighted by Gasteiger charge is 2.14. The molecule has 5 heteroatoms. The predicted molar refractivity (Wildman–Crippen MR) is 78.8 cm³/mol. The summed E-state index contributed by atoms with van der Waals surface area (Å²) in [5, 5.41) is 10.6. The summed E-state index contributed by atoms with van der Waals surface area (Å²) in [4.78, 5) is 12.1. The van der Waals surface area contributed by atoms with Gasteiger partial charge in [-0.15, -0.1) is 10.2 Å². The molecule has 0 saturated carbocycles. The van der Waals surface area contributed by atoms with Gasteiger partial charge in [-0.25, -0.2) is 0 Å². The van der Waals surface area contributed by atoms with Gasteiger partial charge in [0.25, 0.3) is 5.91 Å². The third-order valence-electron chi connectivity index (χ3n) is 3.11. The van der Waals surface area contributed by atoms with Crippen LogP contribution in [0.2, 0.25) is 5.15 Å². The summed E-state index contributed by atoms with van der Waals surface area (Å²) in [6, 6.07) is 9.19. The number of amides is 1. The number of hydrogen-bond donors (Lipinski definition) is 1. The minimum absolute atomic E-state index is 0.0973. The molecule has 1 heterocycles. The summed E-state index contributed by atoms with van der Waals surface area (Å²) < 4.78 is 0. The minimum Gasteiger partial charge on any atom is -0.344 e. The minimum atomic E-state index is -0.262. The normalized spacial score (nSPS) is 12.0. The summed E-state index contributed by atoms with van der Waals surface area (Å²) in [6.07, 6.45) is 0. The van der Waals surface area contributed by atoms with E-state index in [-0.39, 0.29) is 22.8 Å². The van der Waals surface area contributed by atoms with Crippen molar-refractivity contribution >= 4 is 17.5 Å². The lowest BCUT2D eigenvalue weighted by molar-refractivity contribution is 0.0933. The Morgan fingerprint density at radius 1 is 1.20 bits per heavy atom. The first-order valence-corrected chi connectivity index (χ1v) is 6.72. The zero-order valence-electron chi connectivity index (χ0n) is 11.6. The van der Waals surface area contributed by atoms with Gasteiger partial charge in [0.15, 0.2) is 10.8 Å². The van der Waals surface area contributed by atoms with Crippen LogP contribution in [0.5, 0.6) is 0 Å². The number of nitrogens with zero attached hydrogens (tertiary/aromatic N) is 2. The van der Waals surface area contributed by atoms with E-state index in [9.17, 15) is 4.79 Å². The van der Waals surface area contributed by atoms with Crippen LogP contribution in [0.15, 0.2) is 30.3 Å². The molecule has 0 saturated heterocycles. The Morgan fingerprint density at radius 2 is 1.95 bits per heavy atom. The summed E-state index contributed by atoms with van der Waals surface area (Å²) in [6.45, 7) is 6.00. The van der Waals surface area contributed by atoms with Gasteiger partial charge in [-0.1, -0.05) is 35.4 Å². The molecule has 1 N–H and O–H groups in total. The van der Waals surface area contributed by atoms with Crippen LogP contribution in [-0.2, 0) is 0 Å². The van der Waals surface area contributed by atoms with Gasteiger partial charge in [0.05, 0.1) is 6.04 Å². The van der Waals surface area contributed by atoms with Gasteiger partial charge >= 0.3 is 0 Å². The number of benzene rings is 1. The standard InChI is InChI=1S/C15H16ClN3O/c1-9-4-5-10(2)12(8-9)11(3)17-15(20)13-6-7-14(16)19-18-13/h4-8,11H,1-3H3,(H,17,20). The first-order valence-electron chi connectivity index (χ1n) is 6.34. The van der Waals surface area contributed by atoms with Crippen LogP contribution in [0.3, 0.4) is 0 Å². The van der Waals surface area contributed by atoms with Gasteiger partial charge in [0.2, 0.25) is 0 Å². The largest absolute Gasteiger partial charge is 0.344 e. The fourth-order valence-corrected chi connectivity index (χ4v) is 2.11. The van der Waals surface area contributed by atoms with Gasteiger partial charge < -0.3 is 5.32 Å². The van der Waals surface area contributed by atoms with Crippen molar-refractivity contribution in [2.24, 2.45) is 0 Å². The van der Waals surface area contributed by atoms with Crippen LogP contribution in [0.1, 0.15) is 40.1 Å². The lowest BCUT2D eigenvalue weighted by Gasteiger charge is -2.17. The van der Waals surface area contributed by atoms with Crippen LogP contribution >= 0.6 is 11.6 Å². The Morgan fingerprint density at radius 3 is 2.60 bits per heavy atom. The second-order valence-electron chi connectivity index (χ2n) is 4.80. The molecular weight excluding hydrogens is 274 g/mol. The molecule has 104 valence electrons. The fourth-order valence-electron chi connectivity index (χ4n) is 2.01. The van der Waals surface area contributed by atoms with Crippen molar-refractivity contribution in [1.82, 2.24) is 15.5 Å². The maximum Gasteiger partial charge on any atom is 0.272 e. The molecule has 1 unspecified atom stereocenters. The molecule has 0 radical (unpaired) electrons. The maximum absolute atomic E-state index is 12.1. The Hall–Kier alpha value is -1.94. The molecule has 2 rings (SSSR count). The van der Waals surface area contributed by atoms with E-state index < -0.39 is 0 Å². The fraction of sp³-hybridized carbons (Fsp3) is 0.267. The van der Waals surface area contributed by atoms with Gasteiger partial charge in [0, 0.05) is 0 Å². The van der Waals surface area contributed by atoms with E-state index in [1.54, 1.807) is 12.1 Å². The maximum atomic E-state index is 12.1. The number of aryl methyl sites for hydroxylation is 2. The third-order valence-corrected chi connectivity index (χ3v) is 3.32. The first-order chi connectivity index (χ1) is 9.47. The second-order valence-corrected chi connectivity index (χ2v) is 5.18. The van der Waals surface area contributed by atoms with Crippen LogP contribution in [0.25, 0.3) is 0 Å². The van der Waals surface area contributed by atoms with Crippen LogP contribution in [-0.4, -0.2) is 16.1 Å². The Bertz CT molecular complexity index is 626. The molecule has 1 aromatic heterocycles. The molecule has 0 spiro atoms. The molecule has 0 aliphatic heterocycles. The highest BCUT2D eigenvalue weighted by Crippen LogP contribution is 2.19. The quantitative estimate of drug-likeness (QED) is 0.944. The molecule has 20 heavy (non-hydrogen) atoms. The Kier molecular flexibility index (Phi) is 4.35. The molecule has 1 amide bonds. The zero-order chi connectivity index (χ0) is 14.7. The monoisotopic (exact) mass is 289 g/mol. The summed E-state index contributed by atoms with van der Waals surface area (Å²) in [5.41, 5.74) is 3.66. The van der Waals surface area contributed by atoms with Crippen LogP contribution in [0.4, 0.5) is 0 Å². The second kappa shape index (κ2) is 6.01. The third kappa shape index (κ3) is 3.33. The van der Waals surface area contributed by atoms with Crippen molar-refractivity contribution in [2.75, 3.05) is 0 Å². The van der Waals surface area contributed by atoms with Crippen molar-refractivity contribution < 1.29 is 4.79 Å². The molecular formula is C15H16ClN3O. The van der Waals surface area contributed by atoms with E-state index in [2.05, 4.69) is 33.7 Å². The summed E-state index contributed by atoms with van der Waals surface area (Å²) >= 11 is 5.65. The van der Waals surface area contributed by atoms with E-state index >= 15 is 0 Å². The van der Waals surface area contributed by atoms with Crippen molar-refractivity contribution in [1.29, 1.82) is 0 Å². The molecule has 0 fully saturated rings. The number of carbonyl (C=O) groups is 1. The highest BCUT2D eigenvalue weighted by atomic mass is 35.5. The molecule has 0 aliphatic rings. The van der Waals surface area contributed by atoms with E-state index in [1.165, 1.54) is 0 Å². The van der Waals surface area contributed by atoms with Crippen molar-refractivity contribution in [3.63, 3.8) is 0 Å². The van der Waals surface area contributed by atoms with Gasteiger partial charge in [0.1, 0.15) is 0 Å². The van der Waals surface area contributed by atoms with E-state index in [0.29, 0.717) is 0 Å². The predicted octanol–water partition coefficient (Wildman–Crippen LogP) is 3.24. The summed E-state index contributed by atoms with van der Waals surface area (Å²) in [5.74, 6) is -0.262. The smallest absolute Gasteiger partial charge is 0.272 e. The van der Waals surface area contributed by atoms with Crippen molar-refractivity contribution in [2.45, 2.75) is 26.8 Å². The van der Waals surface area contributed by atoms with Crippen molar-refractivity contribution in [3.05, 3.63) is 57.9 Å². The molecule has 4 nitrogen and oxygen atoms in total. The highest BCUT2D eigenvalue weighted by molar-refractivity contribution is 6.29. The number of nitrogens with one attached hydrogen (secondary N) is 1. The van der Waals surface area contributed by atoms with E-state index in [0.717, 1.165) is 16.7 Å². The van der Waals surface area contributed by atoms with Gasteiger partial charge in [-0.05, 0) is 44.0 Å². The number of aromatic nitrogens is 2. The van der Waals surface area contributed by atoms with Gasteiger partial charge in [-0.3, -0.25) is 4.79 Å². The average Bonchev–Trinajstić information content (AvgIpc) is 2.42. The molecule has 1 atom stereocenters.